The lowest BCUT2D eigenvalue weighted by molar-refractivity contribution is -0.121. The standard InChI is InChI=1S/C16H26N2OS.ClH/c1-2-8-16(19)17-13-14(15-9-7-12-20-15)18-10-5-3-4-6-11-18;/h7,9,12,14H,2-6,8,10-11,13H2,1H3,(H,17,19);1H. The Morgan fingerprint density at radius 2 is 2.05 bits per heavy atom. The molecule has 0 aliphatic carbocycles. The Kier molecular flexibility index (Phi) is 8.97. The zero-order valence-corrected chi connectivity index (χ0v) is 14.5. The first-order chi connectivity index (χ1) is 9.81. The molecular weight excluding hydrogens is 304 g/mol. The van der Waals surface area contributed by atoms with Crippen LogP contribution in [0.15, 0.2) is 17.5 Å². The van der Waals surface area contributed by atoms with Gasteiger partial charge in [0.2, 0.25) is 5.91 Å². The summed E-state index contributed by atoms with van der Waals surface area (Å²) < 4.78 is 0. The van der Waals surface area contributed by atoms with Crippen LogP contribution in [0.3, 0.4) is 0 Å². The predicted molar refractivity (Wildman–Crippen MR) is 92.3 cm³/mol. The molecule has 2 rings (SSSR count). The van der Waals surface area contributed by atoms with Crippen molar-refractivity contribution in [2.45, 2.75) is 51.5 Å². The molecule has 1 aliphatic heterocycles. The smallest absolute Gasteiger partial charge is 0.220 e. The van der Waals surface area contributed by atoms with E-state index in [9.17, 15) is 4.79 Å². The average molecular weight is 331 g/mol. The van der Waals surface area contributed by atoms with Crippen molar-refractivity contribution in [2.24, 2.45) is 0 Å². The second-order valence-corrected chi connectivity index (χ2v) is 6.51. The zero-order valence-electron chi connectivity index (χ0n) is 12.8. The van der Waals surface area contributed by atoms with Gasteiger partial charge in [-0.3, -0.25) is 9.69 Å². The predicted octanol–water partition coefficient (Wildman–Crippen LogP) is 4.00. The van der Waals surface area contributed by atoms with Gasteiger partial charge in [0, 0.05) is 17.8 Å². The van der Waals surface area contributed by atoms with Crippen molar-refractivity contribution in [3.05, 3.63) is 22.4 Å². The third kappa shape index (κ3) is 5.97. The van der Waals surface area contributed by atoms with Crippen LogP contribution in [-0.2, 0) is 4.79 Å². The first-order valence-corrected chi connectivity index (χ1v) is 8.73. The molecule has 0 aromatic carbocycles. The minimum atomic E-state index is 0. The summed E-state index contributed by atoms with van der Waals surface area (Å²) in [7, 11) is 0. The fourth-order valence-electron chi connectivity index (χ4n) is 2.82. The Morgan fingerprint density at radius 3 is 2.62 bits per heavy atom. The summed E-state index contributed by atoms with van der Waals surface area (Å²) in [4.78, 5) is 15.7. The molecule has 0 spiro atoms. The van der Waals surface area contributed by atoms with Crippen LogP contribution in [-0.4, -0.2) is 30.4 Å². The van der Waals surface area contributed by atoms with E-state index in [0.29, 0.717) is 12.5 Å². The van der Waals surface area contributed by atoms with Gasteiger partial charge in [0.1, 0.15) is 0 Å². The van der Waals surface area contributed by atoms with Crippen LogP contribution in [0.5, 0.6) is 0 Å². The van der Waals surface area contributed by atoms with Gasteiger partial charge in [-0.15, -0.1) is 23.7 Å². The lowest BCUT2D eigenvalue weighted by atomic mass is 10.2. The highest BCUT2D eigenvalue weighted by molar-refractivity contribution is 7.10. The summed E-state index contributed by atoms with van der Waals surface area (Å²) in [6.07, 6.45) is 6.80. The minimum Gasteiger partial charge on any atom is -0.354 e. The van der Waals surface area contributed by atoms with E-state index < -0.39 is 0 Å². The minimum absolute atomic E-state index is 0. The van der Waals surface area contributed by atoms with Gasteiger partial charge in [0.05, 0.1) is 6.04 Å². The summed E-state index contributed by atoms with van der Waals surface area (Å²) in [6, 6.07) is 4.67. The number of thiophene rings is 1. The summed E-state index contributed by atoms with van der Waals surface area (Å²) in [5.74, 6) is 0.184. The number of nitrogens with one attached hydrogen (secondary N) is 1. The Labute approximate surface area is 138 Å². The van der Waals surface area contributed by atoms with Gasteiger partial charge in [-0.1, -0.05) is 25.8 Å². The van der Waals surface area contributed by atoms with E-state index in [4.69, 9.17) is 0 Å². The topological polar surface area (TPSA) is 32.3 Å². The van der Waals surface area contributed by atoms with Crippen LogP contribution < -0.4 is 5.32 Å². The van der Waals surface area contributed by atoms with Crippen LogP contribution in [0.4, 0.5) is 0 Å². The molecule has 5 heteroatoms. The van der Waals surface area contributed by atoms with Gasteiger partial charge >= 0.3 is 0 Å². The number of hydrogen-bond acceptors (Lipinski definition) is 3. The number of rotatable bonds is 6. The average Bonchev–Trinajstić information content (AvgIpc) is 2.83. The molecule has 1 amide bonds. The molecule has 1 N–H and O–H groups in total. The van der Waals surface area contributed by atoms with Gasteiger partial charge < -0.3 is 5.32 Å². The van der Waals surface area contributed by atoms with Crippen molar-refractivity contribution in [2.75, 3.05) is 19.6 Å². The monoisotopic (exact) mass is 330 g/mol. The van der Waals surface area contributed by atoms with E-state index in [1.54, 1.807) is 11.3 Å². The molecule has 2 heterocycles. The number of amides is 1. The largest absolute Gasteiger partial charge is 0.354 e. The SMILES string of the molecule is CCCC(=O)NCC(c1cccs1)N1CCCCCC1.Cl. The van der Waals surface area contributed by atoms with Crippen molar-refractivity contribution >= 4 is 29.7 Å². The van der Waals surface area contributed by atoms with Crippen LogP contribution in [0.25, 0.3) is 0 Å². The number of likely N-dealkylation sites (tertiary alicyclic amines) is 1. The summed E-state index contributed by atoms with van der Waals surface area (Å²) >= 11 is 1.80. The quantitative estimate of drug-likeness (QED) is 0.855. The number of hydrogen-bond donors (Lipinski definition) is 1. The van der Waals surface area contributed by atoms with Crippen LogP contribution in [0.1, 0.15) is 56.4 Å². The molecule has 0 bridgehead atoms. The number of halogens is 1. The summed E-state index contributed by atoms with van der Waals surface area (Å²) in [5, 5.41) is 5.25. The van der Waals surface area contributed by atoms with Gasteiger partial charge in [-0.05, 0) is 43.8 Å². The maximum Gasteiger partial charge on any atom is 0.220 e. The molecule has 1 aromatic heterocycles. The van der Waals surface area contributed by atoms with E-state index in [1.807, 2.05) is 6.92 Å². The van der Waals surface area contributed by atoms with Crippen molar-refractivity contribution in [1.82, 2.24) is 10.2 Å². The van der Waals surface area contributed by atoms with Crippen molar-refractivity contribution in [1.29, 1.82) is 0 Å². The molecular formula is C16H27ClN2OS. The molecule has 21 heavy (non-hydrogen) atoms. The third-order valence-electron chi connectivity index (χ3n) is 3.92. The van der Waals surface area contributed by atoms with E-state index >= 15 is 0 Å². The normalized spacial score (nSPS) is 17.6. The molecule has 120 valence electrons. The highest BCUT2D eigenvalue weighted by atomic mass is 35.5. The van der Waals surface area contributed by atoms with E-state index in [0.717, 1.165) is 26.1 Å². The molecule has 1 aromatic rings. The first kappa shape index (κ1) is 18.5. The molecule has 1 fully saturated rings. The molecule has 1 saturated heterocycles. The van der Waals surface area contributed by atoms with Crippen molar-refractivity contribution < 1.29 is 4.79 Å². The fourth-order valence-corrected chi connectivity index (χ4v) is 3.68. The lowest BCUT2D eigenvalue weighted by Crippen LogP contribution is -2.38. The van der Waals surface area contributed by atoms with E-state index in [-0.39, 0.29) is 18.3 Å². The van der Waals surface area contributed by atoms with Gasteiger partial charge in [0.25, 0.3) is 0 Å². The van der Waals surface area contributed by atoms with Crippen molar-refractivity contribution in [3.63, 3.8) is 0 Å². The van der Waals surface area contributed by atoms with E-state index in [1.165, 1.54) is 30.6 Å². The Balaban J connectivity index is 0.00000220. The third-order valence-corrected chi connectivity index (χ3v) is 4.90. The Bertz CT molecular complexity index is 389. The van der Waals surface area contributed by atoms with Crippen molar-refractivity contribution in [3.8, 4) is 0 Å². The number of carbonyl (C=O) groups excluding carboxylic acids is 1. The first-order valence-electron chi connectivity index (χ1n) is 7.85. The molecule has 3 nitrogen and oxygen atoms in total. The van der Waals surface area contributed by atoms with Crippen LogP contribution in [0.2, 0.25) is 0 Å². The summed E-state index contributed by atoms with van der Waals surface area (Å²) in [5.41, 5.74) is 0. The molecule has 1 aliphatic rings. The Morgan fingerprint density at radius 1 is 1.33 bits per heavy atom. The van der Waals surface area contributed by atoms with Gasteiger partial charge in [0.15, 0.2) is 0 Å². The second-order valence-electron chi connectivity index (χ2n) is 5.54. The van der Waals surface area contributed by atoms with Gasteiger partial charge in [-0.25, -0.2) is 0 Å². The number of carbonyl (C=O) groups is 1. The summed E-state index contributed by atoms with van der Waals surface area (Å²) in [6.45, 7) is 5.11. The molecule has 1 atom stereocenters. The fraction of sp³-hybridized carbons (Fsp3) is 0.688. The molecule has 0 saturated carbocycles. The zero-order chi connectivity index (χ0) is 14.2. The maximum absolute atomic E-state index is 11.7. The number of nitrogens with zero attached hydrogens (tertiary/aromatic N) is 1. The maximum atomic E-state index is 11.7. The highest BCUT2D eigenvalue weighted by Crippen LogP contribution is 2.27. The van der Waals surface area contributed by atoms with Crippen LogP contribution >= 0.6 is 23.7 Å². The van der Waals surface area contributed by atoms with Crippen LogP contribution in [0, 0.1) is 0 Å². The lowest BCUT2D eigenvalue weighted by Gasteiger charge is -2.30. The van der Waals surface area contributed by atoms with Gasteiger partial charge in [-0.2, -0.15) is 0 Å². The molecule has 0 radical (unpaired) electrons. The second kappa shape index (κ2) is 10.2. The highest BCUT2D eigenvalue weighted by Gasteiger charge is 2.22. The van der Waals surface area contributed by atoms with E-state index in [2.05, 4.69) is 27.7 Å². The molecule has 1 unspecified atom stereocenters. The Hall–Kier alpha value is -0.580.